The van der Waals surface area contributed by atoms with Crippen LogP contribution in [0.5, 0.6) is 5.75 Å². The van der Waals surface area contributed by atoms with Crippen LogP contribution in [0.1, 0.15) is 105 Å². The van der Waals surface area contributed by atoms with Crippen LogP contribution in [0.25, 0.3) is 10.9 Å². The van der Waals surface area contributed by atoms with Crippen molar-refractivity contribution < 1.29 is 90.5 Å². The first-order valence-corrected chi connectivity index (χ1v) is 39.9. The zero-order valence-electron chi connectivity index (χ0n) is 68.3. The van der Waals surface area contributed by atoms with E-state index in [4.69, 9.17) is 18.9 Å². The number of Topliss-reactive ketones (excluding diaryl/α,β-unsaturated/α-hetero) is 1. The van der Waals surface area contributed by atoms with Crippen molar-refractivity contribution in [3.05, 3.63) is 156 Å². The molecule has 6 aromatic rings. The number of quaternary nitrogens is 1. The maximum atomic E-state index is 16.3. The molecule has 0 saturated carbocycles. The second-order valence-electron chi connectivity index (χ2n) is 32.0. The zero-order chi connectivity index (χ0) is 83.7. The highest BCUT2D eigenvalue weighted by molar-refractivity contribution is 6.00. The van der Waals surface area contributed by atoms with Gasteiger partial charge in [0.2, 0.25) is 65.0 Å². The second kappa shape index (κ2) is 40.9. The Morgan fingerprint density at radius 1 is 0.729 bits per heavy atom. The number of rotatable bonds is 15. The number of fused-ring (bicyclic) bond motifs is 10. The summed E-state index contributed by atoms with van der Waals surface area (Å²) in [6, 6.07) is 15.1. The Morgan fingerprint density at radius 3 is 2.21 bits per heavy atom. The fourth-order valence-corrected chi connectivity index (χ4v) is 15.3. The first-order valence-electron chi connectivity index (χ1n) is 39.9. The summed E-state index contributed by atoms with van der Waals surface area (Å²) in [6.45, 7) is 4.81. The minimum Gasteiger partial charge on any atom is -0.497 e. The Hall–Kier alpha value is -11.1. The third-order valence-electron chi connectivity index (χ3n) is 22.0. The Bertz CT molecular complexity index is 4600. The molecule has 33 nitrogen and oxygen atoms in total. The number of nitrogens with one attached hydrogen (secondary N) is 8. The highest BCUT2D eigenvalue weighted by Gasteiger charge is 2.50. The lowest BCUT2D eigenvalue weighted by Gasteiger charge is -2.37. The summed E-state index contributed by atoms with van der Waals surface area (Å²) in [7, 11) is 7.59. The summed E-state index contributed by atoms with van der Waals surface area (Å²) in [5.41, 5.74) is 2.67. The fraction of sp³-hybridized carbons (Fsp3) is 0.512. The van der Waals surface area contributed by atoms with Gasteiger partial charge >= 0.3 is 0 Å². The molecule has 14 bridgehead atoms. The number of aliphatic hydroxyl groups excluding tert-OH is 1. The van der Waals surface area contributed by atoms with Crippen LogP contribution < -0.4 is 47.3 Å². The van der Waals surface area contributed by atoms with E-state index in [9.17, 15) is 33.9 Å². The first kappa shape index (κ1) is 89.3. The van der Waals surface area contributed by atoms with Gasteiger partial charge in [-0.05, 0) is 110 Å². The van der Waals surface area contributed by atoms with Gasteiger partial charge in [-0.25, -0.2) is 4.39 Å². The van der Waals surface area contributed by atoms with E-state index in [-0.39, 0.29) is 136 Å². The van der Waals surface area contributed by atoms with Gasteiger partial charge in [-0.15, -0.1) is 5.10 Å². The van der Waals surface area contributed by atoms with E-state index in [0.29, 0.717) is 63.1 Å². The largest absolute Gasteiger partial charge is 0.497 e. The Labute approximate surface area is 685 Å². The van der Waals surface area contributed by atoms with Gasteiger partial charge in [-0.3, -0.25) is 62.2 Å². The number of carbonyl (C=O) groups is 12. The molecule has 118 heavy (non-hydrogen) atoms. The normalized spacial score (nSPS) is 23.9. The first-order chi connectivity index (χ1) is 56.0. The van der Waals surface area contributed by atoms with Gasteiger partial charge in [0.1, 0.15) is 66.2 Å². The number of aliphatic hydroxyl groups is 1. The van der Waals surface area contributed by atoms with Crippen molar-refractivity contribution in [2.24, 2.45) is 5.92 Å². The van der Waals surface area contributed by atoms with E-state index in [1.54, 1.807) is 77.3 Å². The molecule has 2 fully saturated rings. The molecule has 0 aliphatic carbocycles. The lowest BCUT2D eigenvalue weighted by Crippen LogP contribution is -2.64. The molecule has 7 heterocycles. The summed E-state index contributed by atoms with van der Waals surface area (Å²) in [5, 5.41) is 43.3. The number of benzene rings is 4. The number of halogens is 1. The third kappa shape index (κ3) is 23.9. The van der Waals surface area contributed by atoms with E-state index >= 15 is 33.2 Å². The predicted molar refractivity (Wildman–Crippen MR) is 429 cm³/mol. The summed E-state index contributed by atoms with van der Waals surface area (Å²) in [5.74, 6) is -10.7. The summed E-state index contributed by atoms with van der Waals surface area (Å²) in [6.07, 6.45) is -1.33. The van der Waals surface area contributed by atoms with Gasteiger partial charge in [0.25, 0.3) is 0 Å². The maximum Gasteiger partial charge on any atom is 0.246 e. The number of methoxy groups -OCH3 is 1. The summed E-state index contributed by atoms with van der Waals surface area (Å²) in [4.78, 5) is 184. The van der Waals surface area contributed by atoms with Gasteiger partial charge in [0.05, 0.1) is 98.1 Å². The van der Waals surface area contributed by atoms with Crippen molar-refractivity contribution in [2.45, 2.75) is 172 Å². The maximum absolute atomic E-state index is 16.3. The lowest BCUT2D eigenvalue weighted by atomic mass is 9.95. The zero-order valence-corrected chi connectivity index (χ0v) is 68.3. The molecule has 0 unspecified atom stereocenters. The number of carbonyl (C=O) groups excluding carboxylic acids is 12. The molecule has 0 spiro atoms. The molecule has 2 saturated heterocycles. The van der Waals surface area contributed by atoms with Crippen LogP contribution in [0, 0.1) is 19.2 Å². The van der Waals surface area contributed by atoms with Gasteiger partial charge < -0.3 is 97.8 Å². The van der Waals surface area contributed by atoms with Crippen molar-refractivity contribution in [3.8, 4) is 5.75 Å². The van der Waals surface area contributed by atoms with Gasteiger partial charge in [0, 0.05) is 108 Å². The number of likely N-dealkylation sites (N-methyl/N-ethyl adjacent to an activating group) is 1. The molecule has 10 atom stereocenters. The second-order valence-corrected chi connectivity index (χ2v) is 32.0. The van der Waals surface area contributed by atoms with Crippen molar-refractivity contribution in [3.63, 3.8) is 0 Å². The number of aromatic nitrogens is 4. The van der Waals surface area contributed by atoms with E-state index < -0.39 is 162 Å². The highest BCUT2D eigenvalue weighted by atomic mass is 19.1. The molecule has 5 aliphatic heterocycles. The Balaban J connectivity index is 0.0000147. The average molecular weight is 1640 g/mol. The topological polar surface area (TPSA) is 404 Å². The van der Waals surface area contributed by atoms with E-state index in [1.165, 1.54) is 48.7 Å². The third-order valence-corrected chi connectivity index (χ3v) is 22.0. The Kier molecular flexibility index (Phi) is 30.9. The number of amides is 11. The number of hydrogen-bond acceptors (Lipinski definition) is 19. The van der Waals surface area contributed by atoms with E-state index in [1.807, 2.05) is 45.4 Å². The number of ether oxygens (including phenoxy) is 4. The molecule has 636 valence electrons. The molecular formula is C84H111FN16O17. The highest BCUT2D eigenvalue weighted by Crippen LogP contribution is 2.33. The molecule has 11 amide bonds. The van der Waals surface area contributed by atoms with Crippen LogP contribution in [0.3, 0.4) is 0 Å². The SMILES string of the molecule is COc1ccc(C[C@@H]2NC(=O)[C@H]([C@@H](C)O)NC(=O)[C@@H]3[C@@H]4CCN3C(=O)[C@@H]3Cc5cn(c6ccc(F)cc56)Cc5cn(nn5)CCN(Cc5cccc(c5)CCNC(=O)[C@]5(C)CCCN5C2=O)C(=O)CCC(=O)N[C@@H](C)C(=O)C[C@H](CNC(=O)CCOCCOCC[N+](C)(C)C)C(=O)N[C@@H](Cc2cccc(c2)CNC(=O)CO4)C(=O)N3)cc1.[CH3-]. The molecule has 2 aromatic heterocycles. The predicted octanol–water partition coefficient (Wildman–Crippen LogP) is 1.04. The van der Waals surface area contributed by atoms with Crippen LogP contribution >= 0.6 is 0 Å². The molecule has 5 aliphatic rings. The Morgan fingerprint density at radius 2 is 1.46 bits per heavy atom. The minimum absolute atomic E-state index is 0. The van der Waals surface area contributed by atoms with Crippen molar-refractivity contribution in [1.29, 1.82) is 0 Å². The van der Waals surface area contributed by atoms with Gasteiger partial charge in [0.15, 0.2) is 5.78 Å². The summed E-state index contributed by atoms with van der Waals surface area (Å²) >= 11 is 0. The molecular weight excluding hydrogens is 1520 g/mol. The quantitative estimate of drug-likeness (QED) is 0.0394. The lowest BCUT2D eigenvalue weighted by molar-refractivity contribution is -0.870. The number of ketones is 1. The van der Waals surface area contributed by atoms with Gasteiger partial charge in [-0.2, -0.15) is 0 Å². The smallest absolute Gasteiger partial charge is 0.246 e. The van der Waals surface area contributed by atoms with Crippen LogP contribution in [0.4, 0.5) is 4.39 Å². The fourth-order valence-electron chi connectivity index (χ4n) is 15.3. The molecule has 34 heteroatoms. The van der Waals surface area contributed by atoms with Crippen LogP contribution in [0.15, 0.2) is 103 Å². The molecule has 11 rings (SSSR count). The monoisotopic (exact) mass is 1630 g/mol. The van der Waals surface area contributed by atoms with E-state index in [2.05, 4.69) is 52.8 Å². The van der Waals surface area contributed by atoms with Gasteiger partial charge in [-0.1, -0.05) is 65.9 Å². The summed E-state index contributed by atoms with van der Waals surface area (Å²) < 4.78 is 43.0. The van der Waals surface area contributed by atoms with Crippen molar-refractivity contribution in [2.75, 3.05) is 101 Å². The molecule has 4 aromatic carbocycles. The number of nitrogens with zero attached hydrogens (tertiary/aromatic N) is 8. The van der Waals surface area contributed by atoms with Crippen LogP contribution in [-0.2, 0) is 124 Å². The van der Waals surface area contributed by atoms with Crippen molar-refractivity contribution >= 4 is 81.7 Å². The van der Waals surface area contributed by atoms with Crippen LogP contribution in [0.2, 0.25) is 0 Å². The van der Waals surface area contributed by atoms with E-state index in [0.717, 1.165) is 17.0 Å². The molecule has 9 N–H and O–H groups in total. The standard InChI is InChI=1S/C83H107FN16O17.CH3/c1-51-68(102)42-58(45-87-70(103)25-33-115-35-36-116-34-32-100(4,5)6)76(107)89-64-40-55-12-9-13-56(38-55)44-86-72(105)50-117-69-24-29-98-75(69)79(110)92-74(52(2)101)78(109)91-65(39-54-15-18-62(114-7)19-16-54)81(112)99-28-10-26-83(99,3)82(113)85-27-23-53-11-8-14-57(37-53)46-95(73(106)22-21-71(104)88-51)30-31-97-49-61(93-94-97)48-96-47-59(41-66(80(98)111)90-77(64)108)63-43-60(84)17-20-67(63)96;/h8-9,11-20,37-38,43,47,49,51-52,58,64-66,69,74-75,101H,10,21-36,39-42,44-46,48,50H2,1-7H3,(H7-,85,86,87,88,89,90,91,92,103,104,105,107,108,109,110,113);1H3/q;-1/p+1/t51-,52+,58+,64-,65-,66-,69-,74-,75-,83-;/m0./s1. The molecule has 0 radical (unpaired) electrons. The van der Waals surface area contributed by atoms with Crippen LogP contribution in [-0.4, -0.2) is 269 Å². The van der Waals surface area contributed by atoms with Crippen molar-refractivity contribution in [1.82, 2.24) is 76.8 Å². The number of hydrogen-bond donors (Lipinski definition) is 9. The minimum atomic E-state index is -1.88. The average Bonchev–Trinajstić information content (AvgIpc) is 1.61.